The second-order valence-electron chi connectivity index (χ2n) is 9.72. The molecular weight excluding hydrogens is 500 g/mol. The summed E-state index contributed by atoms with van der Waals surface area (Å²) in [5, 5.41) is 40.7. The lowest BCUT2D eigenvalue weighted by Crippen LogP contribution is -2.18. The number of benzene rings is 4. The monoisotopic (exact) mass is 524 g/mol. The van der Waals surface area contributed by atoms with Gasteiger partial charge in [0.15, 0.2) is 0 Å². The maximum Gasteiger partial charge on any atom is 0.293 e. The van der Waals surface area contributed by atoms with E-state index in [4.69, 9.17) is 18.3 Å². The van der Waals surface area contributed by atoms with Crippen molar-refractivity contribution in [2.24, 2.45) is 0 Å². The van der Waals surface area contributed by atoms with Crippen LogP contribution in [0.3, 0.4) is 0 Å². The molecule has 0 atom stereocenters. The number of aromatic hydroxyl groups is 4. The van der Waals surface area contributed by atoms with Gasteiger partial charge in [-0.1, -0.05) is 38.1 Å². The zero-order valence-corrected chi connectivity index (χ0v) is 21.0. The van der Waals surface area contributed by atoms with Crippen LogP contribution in [0.25, 0.3) is 21.5 Å². The van der Waals surface area contributed by atoms with Gasteiger partial charge in [0.25, 0.3) is 23.8 Å². The Balaban J connectivity index is 1.17. The van der Waals surface area contributed by atoms with E-state index in [-0.39, 0.29) is 29.2 Å². The molecule has 0 saturated carbocycles. The number of hydrogen-bond acceptors (Lipinski definition) is 8. The summed E-state index contributed by atoms with van der Waals surface area (Å²) >= 11 is 0. The van der Waals surface area contributed by atoms with E-state index in [0.717, 1.165) is 11.1 Å². The Morgan fingerprint density at radius 1 is 0.462 bits per heavy atom. The Hall–Kier alpha value is -5.24. The first-order valence-electron chi connectivity index (χ1n) is 12.1. The highest BCUT2D eigenvalue weighted by Gasteiger charge is 2.23. The molecule has 39 heavy (non-hydrogen) atoms. The molecule has 0 spiro atoms. The van der Waals surface area contributed by atoms with E-state index in [9.17, 15) is 20.4 Å². The minimum absolute atomic E-state index is 0.310. The maximum atomic E-state index is 9.85. The molecule has 0 aliphatic carbocycles. The highest BCUT2D eigenvalue weighted by atomic mass is 16.5. The van der Waals surface area contributed by atoms with Gasteiger partial charge in [-0.15, -0.1) is 0 Å². The van der Waals surface area contributed by atoms with E-state index in [0.29, 0.717) is 44.5 Å². The second-order valence-corrected chi connectivity index (χ2v) is 9.72. The molecule has 6 aromatic rings. The van der Waals surface area contributed by atoms with Gasteiger partial charge in [0.1, 0.15) is 23.0 Å². The first kappa shape index (κ1) is 24.1. The summed E-state index contributed by atoms with van der Waals surface area (Å²) in [6.07, 6.45) is 0. The van der Waals surface area contributed by atoms with Gasteiger partial charge in [0.05, 0.1) is 21.5 Å². The normalized spacial score (nSPS) is 11.7. The molecule has 8 nitrogen and oxygen atoms in total. The SMILES string of the molecule is CC(C)(c1ccc(Oc2ccc3c(O)oc(O)c3c2)cc1)c1ccc(Oc2ccc3c(O)oc(O)c3c2)cc1. The zero-order valence-electron chi connectivity index (χ0n) is 21.0. The second kappa shape index (κ2) is 8.95. The van der Waals surface area contributed by atoms with Crippen molar-refractivity contribution in [2.75, 3.05) is 0 Å². The first-order valence-corrected chi connectivity index (χ1v) is 12.1. The molecule has 0 unspecified atom stereocenters. The minimum atomic E-state index is -0.361. The Morgan fingerprint density at radius 3 is 1.18 bits per heavy atom. The van der Waals surface area contributed by atoms with Crippen LogP contribution in [0.5, 0.6) is 46.8 Å². The van der Waals surface area contributed by atoms with Crippen LogP contribution >= 0.6 is 0 Å². The Morgan fingerprint density at radius 2 is 0.795 bits per heavy atom. The molecule has 0 fully saturated rings. The smallest absolute Gasteiger partial charge is 0.293 e. The summed E-state index contributed by atoms with van der Waals surface area (Å²) in [4.78, 5) is 0. The fraction of sp³-hybridized carbons (Fsp3) is 0.0968. The van der Waals surface area contributed by atoms with E-state index >= 15 is 0 Å². The Kier molecular flexibility index (Phi) is 5.54. The first-order chi connectivity index (χ1) is 18.7. The summed E-state index contributed by atoms with van der Waals surface area (Å²) in [6, 6.07) is 25.4. The average molecular weight is 525 g/mol. The van der Waals surface area contributed by atoms with Crippen molar-refractivity contribution in [3.63, 3.8) is 0 Å². The molecule has 4 aromatic carbocycles. The zero-order chi connectivity index (χ0) is 27.3. The van der Waals surface area contributed by atoms with Crippen molar-refractivity contribution < 1.29 is 38.7 Å². The molecule has 0 bridgehead atoms. The standard InChI is InChI=1S/C31H24O8/c1-31(2,17-3-7-19(8-4-17)36-21-11-13-23-25(15-21)29(34)38-27(23)32)18-5-9-20(10-6-18)37-22-12-14-24-26(16-22)30(35)39-28(24)33/h3-16,32-35H,1-2H3. The summed E-state index contributed by atoms with van der Waals surface area (Å²) < 4.78 is 21.6. The fourth-order valence-electron chi connectivity index (χ4n) is 4.62. The van der Waals surface area contributed by atoms with Crippen molar-refractivity contribution in [1.29, 1.82) is 0 Å². The average Bonchev–Trinajstić information content (AvgIpc) is 3.37. The Labute approximate surface area is 222 Å². The molecule has 4 N–H and O–H groups in total. The molecule has 8 heteroatoms. The van der Waals surface area contributed by atoms with Gasteiger partial charge in [-0.05, 0) is 71.8 Å². The third-order valence-electron chi connectivity index (χ3n) is 6.91. The molecule has 2 aromatic heterocycles. The van der Waals surface area contributed by atoms with Crippen LogP contribution in [-0.2, 0) is 5.41 Å². The number of fused-ring (bicyclic) bond motifs is 2. The van der Waals surface area contributed by atoms with Crippen molar-refractivity contribution in [3.05, 3.63) is 96.1 Å². The van der Waals surface area contributed by atoms with Crippen molar-refractivity contribution in [3.8, 4) is 46.8 Å². The predicted molar refractivity (Wildman–Crippen MR) is 144 cm³/mol. The third kappa shape index (κ3) is 4.31. The third-order valence-corrected chi connectivity index (χ3v) is 6.91. The molecule has 0 radical (unpaired) electrons. The van der Waals surface area contributed by atoms with Crippen LogP contribution in [0.1, 0.15) is 25.0 Å². The van der Waals surface area contributed by atoms with Gasteiger partial charge in [0, 0.05) is 5.41 Å². The highest BCUT2D eigenvalue weighted by Crippen LogP contribution is 2.40. The molecule has 0 aliphatic rings. The van der Waals surface area contributed by atoms with Gasteiger partial charge in [-0.25, -0.2) is 0 Å². The summed E-state index contributed by atoms with van der Waals surface area (Å²) in [7, 11) is 0. The predicted octanol–water partition coefficient (Wildman–Crippen LogP) is 7.91. The van der Waals surface area contributed by atoms with E-state index in [1.54, 1.807) is 36.4 Å². The minimum Gasteiger partial charge on any atom is -0.480 e. The number of hydrogen-bond donors (Lipinski definition) is 4. The van der Waals surface area contributed by atoms with E-state index in [2.05, 4.69) is 13.8 Å². The quantitative estimate of drug-likeness (QED) is 0.173. The number of ether oxygens (including phenoxy) is 2. The topological polar surface area (TPSA) is 126 Å². The molecule has 0 amide bonds. The van der Waals surface area contributed by atoms with Crippen molar-refractivity contribution in [2.45, 2.75) is 19.3 Å². The molecule has 6 rings (SSSR count). The Bertz CT molecular complexity index is 1680. The van der Waals surface area contributed by atoms with Gasteiger partial charge < -0.3 is 38.7 Å². The summed E-state index contributed by atoms with van der Waals surface area (Å²) in [5.74, 6) is 0.855. The van der Waals surface area contributed by atoms with Gasteiger partial charge in [-0.3, -0.25) is 0 Å². The highest BCUT2D eigenvalue weighted by molar-refractivity contribution is 5.92. The van der Waals surface area contributed by atoms with Crippen molar-refractivity contribution >= 4 is 21.5 Å². The van der Waals surface area contributed by atoms with Crippen LogP contribution in [0.15, 0.2) is 93.8 Å². The van der Waals surface area contributed by atoms with Gasteiger partial charge >= 0.3 is 0 Å². The van der Waals surface area contributed by atoms with Crippen LogP contribution < -0.4 is 9.47 Å². The number of furan rings is 2. The molecule has 0 aliphatic heterocycles. The van der Waals surface area contributed by atoms with E-state index in [1.807, 2.05) is 48.5 Å². The largest absolute Gasteiger partial charge is 0.480 e. The molecule has 0 saturated heterocycles. The van der Waals surface area contributed by atoms with E-state index in [1.165, 1.54) is 0 Å². The summed E-state index contributed by atoms with van der Waals surface area (Å²) in [5.41, 5.74) is 1.85. The van der Waals surface area contributed by atoms with Gasteiger partial charge in [-0.2, -0.15) is 0 Å². The fourth-order valence-corrected chi connectivity index (χ4v) is 4.62. The maximum absolute atomic E-state index is 9.85. The molecule has 2 heterocycles. The van der Waals surface area contributed by atoms with Crippen LogP contribution in [0.2, 0.25) is 0 Å². The lowest BCUT2D eigenvalue weighted by atomic mass is 9.78. The van der Waals surface area contributed by atoms with E-state index < -0.39 is 0 Å². The number of rotatable bonds is 6. The van der Waals surface area contributed by atoms with Gasteiger partial charge in [0.2, 0.25) is 0 Å². The lowest BCUT2D eigenvalue weighted by Gasteiger charge is -2.26. The van der Waals surface area contributed by atoms with Crippen LogP contribution in [-0.4, -0.2) is 20.4 Å². The van der Waals surface area contributed by atoms with Crippen molar-refractivity contribution in [1.82, 2.24) is 0 Å². The molecular formula is C31H24O8. The van der Waals surface area contributed by atoms with Crippen LogP contribution in [0, 0.1) is 0 Å². The lowest BCUT2D eigenvalue weighted by molar-refractivity contribution is 0.268. The van der Waals surface area contributed by atoms with Crippen LogP contribution in [0.4, 0.5) is 0 Å². The summed E-state index contributed by atoms with van der Waals surface area (Å²) in [6.45, 7) is 4.26. The molecule has 196 valence electrons.